The van der Waals surface area contributed by atoms with Gasteiger partial charge in [-0.3, -0.25) is 9.03 Å². The zero-order chi connectivity index (χ0) is 11.1. The van der Waals surface area contributed by atoms with Gasteiger partial charge in [0.25, 0.3) is 0 Å². The van der Waals surface area contributed by atoms with E-state index in [1.807, 2.05) is 32.0 Å². The van der Waals surface area contributed by atoms with Gasteiger partial charge in [0.05, 0.1) is 11.4 Å². The van der Waals surface area contributed by atoms with Crippen molar-refractivity contribution < 1.29 is 8.42 Å². The van der Waals surface area contributed by atoms with Gasteiger partial charge in [-0.25, -0.2) is 0 Å². The maximum Gasteiger partial charge on any atom is 0.324 e. The minimum Gasteiger partial charge on any atom is -0.264 e. The Labute approximate surface area is 90.1 Å². The van der Waals surface area contributed by atoms with Gasteiger partial charge in [-0.15, -0.1) is 0 Å². The summed E-state index contributed by atoms with van der Waals surface area (Å²) < 4.78 is 27.5. The molecule has 0 fully saturated rings. The number of benzene rings is 1. The van der Waals surface area contributed by atoms with Crippen LogP contribution in [0.4, 0.5) is 11.4 Å². The molecule has 5 heteroatoms. The predicted molar refractivity (Wildman–Crippen MR) is 61.2 cm³/mol. The van der Waals surface area contributed by atoms with Crippen LogP contribution >= 0.6 is 0 Å². The van der Waals surface area contributed by atoms with Crippen LogP contribution in [0.2, 0.25) is 0 Å². The normalized spacial score (nSPS) is 17.7. The molecule has 0 saturated heterocycles. The average molecular weight is 226 g/mol. The molecular formula is C10H14N2O2S. The molecular weight excluding hydrogens is 212 g/mol. The van der Waals surface area contributed by atoms with Crippen molar-refractivity contribution in [3.8, 4) is 0 Å². The van der Waals surface area contributed by atoms with Crippen LogP contribution in [0.1, 0.15) is 13.8 Å². The van der Waals surface area contributed by atoms with Gasteiger partial charge in [0.15, 0.2) is 0 Å². The number of anilines is 2. The van der Waals surface area contributed by atoms with Crippen molar-refractivity contribution in [2.45, 2.75) is 13.8 Å². The quantitative estimate of drug-likeness (QED) is 0.836. The van der Waals surface area contributed by atoms with E-state index in [0.29, 0.717) is 18.2 Å². The molecule has 1 N–H and O–H groups in total. The smallest absolute Gasteiger partial charge is 0.264 e. The Morgan fingerprint density at radius 1 is 1.33 bits per heavy atom. The van der Waals surface area contributed by atoms with E-state index in [9.17, 15) is 8.42 Å². The zero-order valence-corrected chi connectivity index (χ0v) is 9.58. The maximum absolute atomic E-state index is 11.8. The Bertz CT molecular complexity index is 468. The highest BCUT2D eigenvalue weighted by atomic mass is 32.2. The van der Waals surface area contributed by atoms with Gasteiger partial charge in [0, 0.05) is 6.54 Å². The second-order valence-corrected chi connectivity index (χ2v) is 5.64. The molecule has 1 aliphatic rings. The molecule has 4 nitrogen and oxygen atoms in total. The van der Waals surface area contributed by atoms with Crippen molar-refractivity contribution in [3.63, 3.8) is 0 Å². The molecule has 0 amide bonds. The Morgan fingerprint density at radius 2 is 2.00 bits per heavy atom. The fraction of sp³-hybridized carbons (Fsp3) is 0.400. The Kier molecular flexibility index (Phi) is 2.34. The number of rotatable bonds is 2. The van der Waals surface area contributed by atoms with Crippen LogP contribution in [-0.4, -0.2) is 15.0 Å². The van der Waals surface area contributed by atoms with Crippen molar-refractivity contribution in [3.05, 3.63) is 24.3 Å². The Morgan fingerprint density at radius 3 is 2.67 bits per heavy atom. The van der Waals surface area contributed by atoms with E-state index in [4.69, 9.17) is 0 Å². The predicted octanol–water partition coefficient (Wildman–Crippen LogP) is 1.82. The first-order valence-corrected chi connectivity index (χ1v) is 6.34. The lowest BCUT2D eigenvalue weighted by Gasteiger charge is -2.18. The van der Waals surface area contributed by atoms with Crippen molar-refractivity contribution in [1.82, 2.24) is 0 Å². The van der Waals surface area contributed by atoms with Crippen molar-refractivity contribution in [1.29, 1.82) is 0 Å². The number of hydrogen-bond donors (Lipinski definition) is 1. The van der Waals surface area contributed by atoms with E-state index in [-0.39, 0.29) is 0 Å². The third-order valence-corrected chi connectivity index (χ3v) is 3.64. The highest BCUT2D eigenvalue weighted by Gasteiger charge is 2.32. The lowest BCUT2D eigenvalue weighted by Crippen LogP contribution is -2.33. The maximum atomic E-state index is 11.8. The first-order chi connectivity index (χ1) is 7.00. The van der Waals surface area contributed by atoms with Crippen LogP contribution < -0.4 is 9.03 Å². The van der Waals surface area contributed by atoms with E-state index >= 15 is 0 Å². The van der Waals surface area contributed by atoms with Crippen LogP contribution in [0.15, 0.2) is 24.3 Å². The van der Waals surface area contributed by atoms with Crippen LogP contribution in [0, 0.1) is 5.92 Å². The summed E-state index contributed by atoms with van der Waals surface area (Å²) in [6.07, 6.45) is 0. The summed E-state index contributed by atoms with van der Waals surface area (Å²) in [5, 5.41) is 0. The van der Waals surface area contributed by atoms with Crippen LogP contribution in [0.3, 0.4) is 0 Å². The average Bonchev–Trinajstić information content (AvgIpc) is 2.37. The zero-order valence-electron chi connectivity index (χ0n) is 8.77. The van der Waals surface area contributed by atoms with Crippen molar-refractivity contribution >= 4 is 21.6 Å². The number of fused-ring (bicyclic) bond motifs is 1. The molecule has 0 spiro atoms. The lowest BCUT2D eigenvalue weighted by molar-refractivity contribution is 0.585. The van der Waals surface area contributed by atoms with Crippen molar-refractivity contribution in [2.24, 2.45) is 5.92 Å². The fourth-order valence-corrected chi connectivity index (χ4v) is 3.10. The number of para-hydroxylation sites is 2. The van der Waals surface area contributed by atoms with E-state index in [1.54, 1.807) is 6.07 Å². The molecule has 0 unspecified atom stereocenters. The summed E-state index contributed by atoms with van der Waals surface area (Å²) >= 11 is 0. The Balaban J connectivity index is 2.44. The molecule has 0 atom stereocenters. The van der Waals surface area contributed by atoms with Gasteiger partial charge in [0.2, 0.25) is 0 Å². The first-order valence-electron chi connectivity index (χ1n) is 4.90. The molecule has 1 aromatic carbocycles. The highest BCUT2D eigenvalue weighted by Crippen LogP contribution is 2.35. The molecule has 1 aromatic rings. The van der Waals surface area contributed by atoms with E-state index in [0.717, 1.165) is 5.69 Å². The first kappa shape index (κ1) is 10.3. The van der Waals surface area contributed by atoms with Gasteiger partial charge >= 0.3 is 10.2 Å². The van der Waals surface area contributed by atoms with Crippen LogP contribution in [0.25, 0.3) is 0 Å². The lowest BCUT2D eigenvalue weighted by atomic mass is 10.2. The summed E-state index contributed by atoms with van der Waals surface area (Å²) in [6, 6.07) is 7.25. The summed E-state index contributed by atoms with van der Waals surface area (Å²) in [6.45, 7) is 4.50. The molecule has 15 heavy (non-hydrogen) atoms. The van der Waals surface area contributed by atoms with E-state index in [1.165, 1.54) is 4.31 Å². The molecule has 0 aliphatic carbocycles. The summed E-state index contributed by atoms with van der Waals surface area (Å²) in [5.41, 5.74) is 1.41. The molecule has 82 valence electrons. The van der Waals surface area contributed by atoms with E-state index < -0.39 is 10.2 Å². The number of nitrogens with zero attached hydrogens (tertiary/aromatic N) is 1. The van der Waals surface area contributed by atoms with Gasteiger partial charge in [0.1, 0.15) is 0 Å². The molecule has 1 heterocycles. The highest BCUT2D eigenvalue weighted by molar-refractivity contribution is 7.94. The third kappa shape index (κ3) is 1.79. The van der Waals surface area contributed by atoms with Crippen LogP contribution in [0.5, 0.6) is 0 Å². The molecule has 0 aromatic heterocycles. The monoisotopic (exact) mass is 226 g/mol. The summed E-state index contributed by atoms with van der Waals surface area (Å²) in [7, 11) is -3.36. The standard InChI is InChI=1S/C10H14N2O2S/c1-8(2)7-12-10-6-4-3-5-9(10)11-15(12,13)14/h3-6,8,11H,7H2,1-2H3. The molecule has 0 radical (unpaired) electrons. The van der Waals surface area contributed by atoms with Gasteiger partial charge in [-0.1, -0.05) is 26.0 Å². The molecule has 0 bridgehead atoms. The largest absolute Gasteiger partial charge is 0.324 e. The number of hydrogen-bond acceptors (Lipinski definition) is 2. The SMILES string of the molecule is CC(C)CN1c2ccccc2NS1(=O)=O. The second-order valence-electron chi connectivity index (χ2n) is 4.05. The second kappa shape index (κ2) is 3.41. The van der Waals surface area contributed by atoms with Gasteiger partial charge in [-0.05, 0) is 18.1 Å². The molecule has 0 saturated carbocycles. The minimum absolute atomic E-state index is 0.299. The topological polar surface area (TPSA) is 49.4 Å². The van der Waals surface area contributed by atoms with Gasteiger partial charge < -0.3 is 0 Å². The van der Waals surface area contributed by atoms with E-state index in [2.05, 4.69) is 4.72 Å². The van der Waals surface area contributed by atoms with Crippen LogP contribution in [-0.2, 0) is 10.2 Å². The molecule has 2 rings (SSSR count). The summed E-state index contributed by atoms with van der Waals surface area (Å²) in [5.74, 6) is 0.299. The fourth-order valence-electron chi connectivity index (χ4n) is 1.63. The summed E-state index contributed by atoms with van der Waals surface area (Å²) in [4.78, 5) is 0. The van der Waals surface area contributed by atoms with Gasteiger partial charge in [-0.2, -0.15) is 8.42 Å². The minimum atomic E-state index is -3.36. The third-order valence-electron chi connectivity index (χ3n) is 2.23. The van der Waals surface area contributed by atoms with Crippen molar-refractivity contribution in [2.75, 3.05) is 15.6 Å². The number of nitrogens with one attached hydrogen (secondary N) is 1. The molecule has 1 aliphatic heterocycles. The Hall–Kier alpha value is -1.23.